The molecule has 1 aromatic heterocycles. The van der Waals surface area contributed by atoms with Crippen molar-refractivity contribution in [2.45, 2.75) is 19.9 Å². The molecule has 3 N–H and O–H groups in total. The van der Waals surface area contributed by atoms with Crippen LogP contribution in [0.2, 0.25) is 0 Å². The molecule has 88 valence electrons. The fraction of sp³-hybridized carbons (Fsp3) is 0.400. The second-order valence-electron chi connectivity index (χ2n) is 3.37. The van der Waals surface area contributed by atoms with Gasteiger partial charge < -0.3 is 19.9 Å². The molecule has 0 aromatic carbocycles. The first-order chi connectivity index (χ1) is 7.45. The molecule has 1 amide bonds. The number of carbonyl (C=O) groups excluding carboxylic acids is 1. The molecule has 6 heteroatoms. The standard InChI is InChI=1S/C10H13NO5/c1-5-3-7(6(2)16-5)9(13)11-8(4-12)10(14)15/h3,8,12H,4H2,1-2H3,(H,11,13)(H,14,15). The smallest absolute Gasteiger partial charge is 0.328 e. The summed E-state index contributed by atoms with van der Waals surface area (Å²) < 4.78 is 5.14. The van der Waals surface area contributed by atoms with Gasteiger partial charge in [-0.05, 0) is 19.9 Å². The van der Waals surface area contributed by atoms with Crippen molar-refractivity contribution >= 4 is 11.9 Å². The molecular weight excluding hydrogens is 214 g/mol. The van der Waals surface area contributed by atoms with Crippen LogP contribution in [0.4, 0.5) is 0 Å². The van der Waals surface area contributed by atoms with Crippen LogP contribution in [0.5, 0.6) is 0 Å². The van der Waals surface area contributed by atoms with E-state index in [4.69, 9.17) is 14.6 Å². The van der Waals surface area contributed by atoms with Gasteiger partial charge in [0.2, 0.25) is 0 Å². The summed E-state index contributed by atoms with van der Waals surface area (Å²) in [5.74, 6) is -0.875. The lowest BCUT2D eigenvalue weighted by molar-refractivity contribution is -0.140. The first kappa shape index (κ1) is 12.3. The molecular formula is C10H13NO5. The first-order valence-corrected chi connectivity index (χ1v) is 4.67. The molecule has 1 aromatic rings. The Bertz CT molecular complexity index is 409. The minimum atomic E-state index is -1.30. The maximum absolute atomic E-state index is 11.6. The molecule has 6 nitrogen and oxygen atoms in total. The Morgan fingerprint density at radius 2 is 2.12 bits per heavy atom. The topological polar surface area (TPSA) is 99.8 Å². The number of carboxylic acids is 1. The van der Waals surface area contributed by atoms with Crippen molar-refractivity contribution in [2.75, 3.05) is 6.61 Å². The summed E-state index contributed by atoms with van der Waals surface area (Å²) in [7, 11) is 0. The summed E-state index contributed by atoms with van der Waals surface area (Å²) >= 11 is 0. The van der Waals surface area contributed by atoms with Gasteiger partial charge in [-0.2, -0.15) is 0 Å². The number of rotatable bonds is 4. The van der Waals surface area contributed by atoms with Gasteiger partial charge in [-0.3, -0.25) is 4.79 Å². The molecule has 1 atom stereocenters. The second-order valence-corrected chi connectivity index (χ2v) is 3.37. The van der Waals surface area contributed by atoms with Crippen molar-refractivity contribution in [3.05, 3.63) is 23.2 Å². The van der Waals surface area contributed by atoms with Crippen LogP contribution in [-0.2, 0) is 4.79 Å². The SMILES string of the molecule is Cc1cc(C(=O)NC(CO)C(=O)O)c(C)o1. The summed E-state index contributed by atoms with van der Waals surface area (Å²) in [6.07, 6.45) is 0. The van der Waals surface area contributed by atoms with Crippen LogP contribution in [-0.4, -0.2) is 34.7 Å². The summed E-state index contributed by atoms with van der Waals surface area (Å²) in [6.45, 7) is 2.64. The van der Waals surface area contributed by atoms with Crippen LogP contribution in [0.15, 0.2) is 10.5 Å². The lowest BCUT2D eigenvalue weighted by Gasteiger charge is -2.10. The molecule has 0 bridgehead atoms. The fourth-order valence-corrected chi connectivity index (χ4v) is 1.28. The van der Waals surface area contributed by atoms with E-state index in [0.717, 1.165) is 0 Å². The van der Waals surface area contributed by atoms with Gasteiger partial charge in [0.15, 0.2) is 6.04 Å². The number of aliphatic hydroxyl groups is 1. The third kappa shape index (κ3) is 2.60. The van der Waals surface area contributed by atoms with E-state index in [1.165, 1.54) is 6.07 Å². The van der Waals surface area contributed by atoms with E-state index in [9.17, 15) is 9.59 Å². The zero-order chi connectivity index (χ0) is 12.3. The minimum Gasteiger partial charge on any atom is -0.480 e. The minimum absolute atomic E-state index is 0.275. The monoisotopic (exact) mass is 227 g/mol. The number of amides is 1. The van der Waals surface area contributed by atoms with E-state index >= 15 is 0 Å². The predicted octanol–water partition coefficient (Wildman–Crippen LogP) is 0.0717. The number of aliphatic carboxylic acids is 1. The highest BCUT2D eigenvalue weighted by molar-refractivity contribution is 5.97. The third-order valence-corrected chi connectivity index (χ3v) is 2.07. The van der Waals surface area contributed by atoms with E-state index in [0.29, 0.717) is 11.5 Å². The molecule has 1 unspecified atom stereocenters. The van der Waals surface area contributed by atoms with E-state index < -0.39 is 24.5 Å². The van der Waals surface area contributed by atoms with Gasteiger partial charge >= 0.3 is 5.97 Å². The Morgan fingerprint density at radius 3 is 2.50 bits per heavy atom. The molecule has 0 radical (unpaired) electrons. The number of nitrogens with one attached hydrogen (secondary N) is 1. The Hall–Kier alpha value is -1.82. The van der Waals surface area contributed by atoms with E-state index in [1.54, 1.807) is 13.8 Å². The number of furan rings is 1. The molecule has 1 rings (SSSR count). The van der Waals surface area contributed by atoms with Gasteiger partial charge in [0.25, 0.3) is 5.91 Å². The van der Waals surface area contributed by atoms with Crippen LogP contribution in [0, 0.1) is 13.8 Å². The number of carbonyl (C=O) groups is 2. The van der Waals surface area contributed by atoms with E-state index in [-0.39, 0.29) is 5.56 Å². The Labute approximate surface area is 91.9 Å². The van der Waals surface area contributed by atoms with Crippen molar-refractivity contribution in [1.29, 1.82) is 0 Å². The van der Waals surface area contributed by atoms with Crippen LogP contribution >= 0.6 is 0 Å². The fourth-order valence-electron chi connectivity index (χ4n) is 1.28. The molecule has 0 aliphatic carbocycles. The Morgan fingerprint density at radius 1 is 1.50 bits per heavy atom. The van der Waals surface area contributed by atoms with Crippen LogP contribution in [0.1, 0.15) is 21.9 Å². The van der Waals surface area contributed by atoms with E-state index in [2.05, 4.69) is 5.32 Å². The highest BCUT2D eigenvalue weighted by Crippen LogP contribution is 2.13. The summed E-state index contributed by atoms with van der Waals surface area (Å²) in [5.41, 5.74) is 0.275. The number of hydrogen-bond acceptors (Lipinski definition) is 4. The molecule has 0 spiro atoms. The molecule has 0 aliphatic rings. The van der Waals surface area contributed by atoms with Gasteiger partial charge in [0.05, 0.1) is 12.2 Å². The number of carboxylic acid groups (broad SMARTS) is 1. The number of aryl methyl sites for hydroxylation is 2. The molecule has 0 aliphatic heterocycles. The van der Waals surface area contributed by atoms with Crippen molar-refractivity contribution < 1.29 is 24.2 Å². The van der Waals surface area contributed by atoms with Gasteiger partial charge in [-0.15, -0.1) is 0 Å². The van der Waals surface area contributed by atoms with E-state index in [1.807, 2.05) is 0 Å². The molecule has 0 saturated heterocycles. The zero-order valence-corrected chi connectivity index (χ0v) is 8.98. The van der Waals surface area contributed by atoms with Gasteiger partial charge in [-0.25, -0.2) is 4.79 Å². The quantitative estimate of drug-likeness (QED) is 0.676. The lowest BCUT2D eigenvalue weighted by atomic mass is 10.2. The van der Waals surface area contributed by atoms with Crippen molar-refractivity contribution in [1.82, 2.24) is 5.32 Å². The van der Waals surface area contributed by atoms with Gasteiger partial charge in [0.1, 0.15) is 11.5 Å². The van der Waals surface area contributed by atoms with Crippen LogP contribution in [0.25, 0.3) is 0 Å². The van der Waals surface area contributed by atoms with Crippen molar-refractivity contribution in [3.8, 4) is 0 Å². The summed E-state index contributed by atoms with van der Waals surface area (Å²) in [4.78, 5) is 22.2. The van der Waals surface area contributed by atoms with Crippen LogP contribution in [0.3, 0.4) is 0 Å². The highest BCUT2D eigenvalue weighted by Gasteiger charge is 2.21. The molecule has 16 heavy (non-hydrogen) atoms. The zero-order valence-electron chi connectivity index (χ0n) is 8.98. The summed E-state index contributed by atoms with van der Waals surface area (Å²) in [5, 5.41) is 19.6. The van der Waals surface area contributed by atoms with Gasteiger partial charge in [0, 0.05) is 0 Å². The first-order valence-electron chi connectivity index (χ1n) is 4.67. The van der Waals surface area contributed by atoms with Crippen molar-refractivity contribution in [2.24, 2.45) is 0 Å². The van der Waals surface area contributed by atoms with Gasteiger partial charge in [-0.1, -0.05) is 0 Å². The lowest BCUT2D eigenvalue weighted by Crippen LogP contribution is -2.43. The highest BCUT2D eigenvalue weighted by atomic mass is 16.4. The maximum atomic E-state index is 11.6. The Kier molecular flexibility index (Phi) is 3.68. The largest absolute Gasteiger partial charge is 0.480 e. The normalized spacial score (nSPS) is 12.2. The average molecular weight is 227 g/mol. The average Bonchev–Trinajstić information content (AvgIpc) is 2.53. The third-order valence-electron chi connectivity index (χ3n) is 2.07. The maximum Gasteiger partial charge on any atom is 0.328 e. The summed E-state index contributed by atoms with van der Waals surface area (Å²) in [6, 6.07) is 0.211. The Balaban J connectivity index is 2.79. The molecule has 1 heterocycles. The predicted molar refractivity (Wildman–Crippen MR) is 54.2 cm³/mol. The second kappa shape index (κ2) is 4.80. The molecule has 0 fully saturated rings. The van der Waals surface area contributed by atoms with Crippen molar-refractivity contribution in [3.63, 3.8) is 0 Å². The van der Waals surface area contributed by atoms with Crippen LogP contribution < -0.4 is 5.32 Å². The number of aliphatic hydroxyl groups excluding tert-OH is 1. The molecule has 0 saturated carbocycles. The number of hydrogen-bond donors (Lipinski definition) is 3.